The Labute approximate surface area is 123 Å². The van der Waals surface area contributed by atoms with Gasteiger partial charge in [-0.1, -0.05) is 6.92 Å². The molecule has 0 aromatic heterocycles. The normalized spacial score (nSPS) is 10.3. The fourth-order valence-electron chi connectivity index (χ4n) is 1.39. The average Bonchev–Trinajstić information content (AvgIpc) is 2.53. The van der Waals surface area contributed by atoms with Crippen LogP contribution in [0.15, 0.2) is 0 Å². The van der Waals surface area contributed by atoms with Crippen molar-refractivity contribution in [1.82, 2.24) is 16.0 Å². The molecule has 0 aliphatic heterocycles. The minimum atomic E-state index is -0.743. The molecule has 0 rings (SSSR count). The van der Waals surface area contributed by atoms with Crippen LogP contribution in [0.25, 0.3) is 0 Å². The van der Waals surface area contributed by atoms with Crippen LogP contribution in [-0.4, -0.2) is 59.2 Å². The molecule has 21 heavy (non-hydrogen) atoms. The molecule has 0 saturated carbocycles. The van der Waals surface area contributed by atoms with Crippen molar-refractivity contribution < 1.29 is 28.6 Å². The largest absolute Gasteiger partial charge is 0.453 e. The molecule has 0 radical (unpaired) electrons. The van der Waals surface area contributed by atoms with E-state index < -0.39 is 23.7 Å². The Balaban J connectivity index is 4.76. The van der Waals surface area contributed by atoms with Gasteiger partial charge in [0.05, 0.1) is 12.5 Å². The standard InChI is InChI=1S/C12H23N3O6/c1-5-12(6-15-11(18)19-4,7-20-9(16)13-2)8-21-10(17)14-3/h5-8H2,1-4H3,(H,13,16)(H,14,17)(H,15,18). The van der Waals surface area contributed by atoms with Crippen molar-refractivity contribution in [1.29, 1.82) is 0 Å². The molecule has 0 aliphatic rings. The number of carbonyl (C=O) groups excluding carboxylic acids is 3. The maximum absolute atomic E-state index is 11.2. The zero-order valence-corrected chi connectivity index (χ0v) is 12.8. The molecule has 0 unspecified atom stereocenters. The van der Waals surface area contributed by atoms with Gasteiger partial charge in [0.15, 0.2) is 0 Å². The van der Waals surface area contributed by atoms with Gasteiger partial charge in [0.2, 0.25) is 0 Å². The van der Waals surface area contributed by atoms with Gasteiger partial charge in [0, 0.05) is 20.6 Å². The van der Waals surface area contributed by atoms with Crippen LogP contribution in [0.3, 0.4) is 0 Å². The van der Waals surface area contributed by atoms with Crippen molar-refractivity contribution in [2.45, 2.75) is 13.3 Å². The Morgan fingerprint density at radius 1 is 0.952 bits per heavy atom. The molecule has 9 nitrogen and oxygen atoms in total. The van der Waals surface area contributed by atoms with Crippen LogP contribution in [-0.2, 0) is 14.2 Å². The van der Waals surface area contributed by atoms with E-state index in [2.05, 4.69) is 20.7 Å². The summed E-state index contributed by atoms with van der Waals surface area (Å²) in [5.41, 5.74) is -0.743. The van der Waals surface area contributed by atoms with Crippen LogP contribution in [0, 0.1) is 5.41 Å². The third kappa shape index (κ3) is 7.23. The summed E-state index contributed by atoms with van der Waals surface area (Å²) in [5, 5.41) is 7.16. The smallest absolute Gasteiger partial charge is 0.406 e. The molecule has 0 bridgehead atoms. The summed E-state index contributed by atoms with van der Waals surface area (Å²) in [6.45, 7) is 1.91. The predicted octanol–water partition coefficient (Wildman–Crippen LogP) is 0.451. The van der Waals surface area contributed by atoms with Crippen molar-refractivity contribution in [3.8, 4) is 0 Å². The van der Waals surface area contributed by atoms with Crippen molar-refractivity contribution in [3.05, 3.63) is 0 Å². The topological polar surface area (TPSA) is 115 Å². The van der Waals surface area contributed by atoms with E-state index in [4.69, 9.17) is 9.47 Å². The zero-order valence-electron chi connectivity index (χ0n) is 12.8. The lowest BCUT2D eigenvalue weighted by atomic mass is 9.87. The predicted molar refractivity (Wildman–Crippen MR) is 73.9 cm³/mol. The van der Waals surface area contributed by atoms with E-state index in [1.54, 1.807) is 0 Å². The van der Waals surface area contributed by atoms with Crippen LogP contribution >= 0.6 is 0 Å². The fraction of sp³-hybridized carbons (Fsp3) is 0.750. The van der Waals surface area contributed by atoms with Crippen molar-refractivity contribution >= 4 is 18.3 Å². The molecule has 3 amide bonds. The minimum absolute atomic E-state index is 0.0236. The summed E-state index contributed by atoms with van der Waals surface area (Å²) in [6, 6.07) is 0. The quantitative estimate of drug-likeness (QED) is 0.588. The van der Waals surface area contributed by atoms with Crippen LogP contribution < -0.4 is 16.0 Å². The van der Waals surface area contributed by atoms with E-state index >= 15 is 0 Å². The molecule has 0 aliphatic carbocycles. The summed E-state index contributed by atoms with van der Waals surface area (Å²) < 4.78 is 14.5. The summed E-state index contributed by atoms with van der Waals surface area (Å²) in [4.78, 5) is 33.6. The second-order valence-corrected chi connectivity index (χ2v) is 4.35. The third-order valence-corrected chi connectivity index (χ3v) is 2.97. The van der Waals surface area contributed by atoms with Gasteiger partial charge in [-0.2, -0.15) is 0 Å². The van der Waals surface area contributed by atoms with Gasteiger partial charge in [-0.15, -0.1) is 0 Å². The van der Waals surface area contributed by atoms with Crippen LogP contribution in [0.5, 0.6) is 0 Å². The van der Waals surface area contributed by atoms with Crippen molar-refractivity contribution in [3.63, 3.8) is 0 Å². The van der Waals surface area contributed by atoms with E-state index in [1.807, 2.05) is 6.92 Å². The summed E-state index contributed by atoms with van der Waals surface area (Å²) >= 11 is 0. The summed E-state index contributed by atoms with van der Waals surface area (Å²) in [6.07, 6.45) is -1.32. The van der Waals surface area contributed by atoms with Crippen LogP contribution in [0.2, 0.25) is 0 Å². The number of hydrogen-bond acceptors (Lipinski definition) is 6. The number of rotatable bonds is 7. The summed E-state index contributed by atoms with van der Waals surface area (Å²) in [5.74, 6) is 0. The molecule has 0 aromatic carbocycles. The summed E-state index contributed by atoms with van der Waals surface area (Å²) in [7, 11) is 4.11. The maximum atomic E-state index is 11.2. The number of carbonyl (C=O) groups is 3. The van der Waals surface area contributed by atoms with Gasteiger partial charge >= 0.3 is 18.3 Å². The number of hydrogen-bond donors (Lipinski definition) is 3. The first-order chi connectivity index (χ1) is 9.92. The number of methoxy groups -OCH3 is 1. The van der Waals surface area contributed by atoms with Gasteiger partial charge in [-0.3, -0.25) is 0 Å². The third-order valence-electron chi connectivity index (χ3n) is 2.97. The lowest BCUT2D eigenvalue weighted by molar-refractivity contribution is 0.0247. The van der Waals surface area contributed by atoms with E-state index in [1.165, 1.54) is 21.2 Å². The Morgan fingerprint density at radius 3 is 1.76 bits per heavy atom. The first-order valence-electron chi connectivity index (χ1n) is 6.44. The molecule has 0 aromatic rings. The number of amides is 3. The van der Waals surface area contributed by atoms with Crippen molar-refractivity contribution in [2.75, 3.05) is 41.0 Å². The first-order valence-corrected chi connectivity index (χ1v) is 6.44. The SMILES string of the molecule is CCC(CNC(=O)OC)(COC(=O)NC)COC(=O)NC. The minimum Gasteiger partial charge on any atom is -0.453 e. The molecule has 0 heterocycles. The van der Waals surface area contributed by atoms with E-state index in [-0.39, 0.29) is 19.8 Å². The molecule has 0 fully saturated rings. The molecule has 0 spiro atoms. The van der Waals surface area contributed by atoms with Gasteiger partial charge in [-0.25, -0.2) is 14.4 Å². The first kappa shape index (κ1) is 18.8. The second kappa shape index (κ2) is 9.67. The van der Waals surface area contributed by atoms with Gasteiger partial charge in [0.25, 0.3) is 0 Å². The lowest BCUT2D eigenvalue weighted by Gasteiger charge is -2.31. The second-order valence-electron chi connectivity index (χ2n) is 4.35. The highest BCUT2D eigenvalue weighted by Gasteiger charge is 2.33. The molecule has 3 N–H and O–H groups in total. The van der Waals surface area contributed by atoms with Gasteiger partial charge < -0.3 is 30.2 Å². The Hall–Kier alpha value is -2.19. The molecule has 9 heteroatoms. The Bertz CT molecular complexity index is 311. The van der Waals surface area contributed by atoms with E-state index in [0.717, 1.165) is 0 Å². The highest BCUT2D eigenvalue weighted by atomic mass is 16.6. The molecule has 0 saturated heterocycles. The van der Waals surface area contributed by atoms with Crippen LogP contribution in [0.1, 0.15) is 13.3 Å². The molecule has 122 valence electrons. The highest BCUT2D eigenvalue weighted by Crippen LogP contribution is 2.22. The van der Waals surface area contributed by atoms with E-state index in [0.29, 0.717) is 6.42 Å². The fourth-order valence-corrected chi connectivity index (χ4v) is 1.39. The van der Waals surface area contributed by atoms with Crippen molar-refractivity contribution in [2.24, 2.45) is 5.41 Å². The number of ether oxygens (including phenoxy) is 3. The highest BCUT2D eigenvalue weighted by molar-refractivity contribution is 5.68. The van der Waals surface area contributed by atoms with Gasteiger partial charge in [0.1, 0.15) is 13.2 Å². The van der Waals surface area contributed by atoms with Crippen LogP contribution in [0.4, 0.5) is 14.4 Å². The molecular weight excluding hydrogens is 282 g/mol. The molecule has 0 atom stereocenters. The monoisotopic (exact) mass is 305 g/mol. The Kier molecular flexibility index (Phi) is 8.66. The van der Waals surface area contributed by atoms with E-state index in [9.17, 15) is 14.4 Å². The average molecular weight is 305 g/mol. The number of alkyl carbamates (subject to hydrolysis) is 3. The maximum Gasteiger partial charge on any atom is 0.406 e. The molecular formula is C12H23N3O6. The lowest BCUT2D eigenvalue weighted by Crippen LogP contribution is -2.45. The number of nitrogens with one attached hydrogen (secondary N) is 3. The Morgan fingerprint density at radius 2 is 1.43 bits per heavy atom. The zero-order chi connectivity index (χ0) is 16.3. The van der Waals surface area contributed by atoms with Gasteiger partial charge in [-0.05, 0) is 6.42 Å².